The lowest BCUT2D eigenvalue weighted by Gasteiger charge is -2.41. The highest BCUT2D eigenvalue weighted by Crippen LogP contribution is 2.63. The zero-order valence-electron chi connectivity index (χ0n) is 24.8. The normalized spacial score (nSPS) is 29.6. The molecule has 3 aliphatic rings. The Morgan fingerprint density at radius 2 is 1.98 bits per heavy atom. The van der Waals surface area contributed by atoms with Gasteiger partial charge < -0.3 is 24.4 Å². The molecule has 8 nitrogen and oxygen atoms in total. The van der Waals surface area contributed by atoms with Crippen LogP contribution in [0.25, 0.3) is 0 Å². The highest BCUT2D eigenvalue weighted by molar-refractivity contribution is 5.99. The molecular formula is C33H46N2O6. The van der Waals surface area contributed by atoms with Gasteiger partial charge in [0.05, 0.1) is 30.8 Å². The van der Waals surface area contributed by atoms with Gasteiger partial charge in [0.25, 0.3) is 0 Å². The summed E-state index contributed by atoms with van der Waals surface area (Å²) in [7, 11) is 0. The molecule has 1 spiro atoms. The zero-order chi connectivity index (χ0) is 29.8. The van der Waals surface area contributed by atoms with Gasteiger partial charge in [0.1, 0.15) is 17.6 Å². The van der Waals surface area contributed by atoms with E-state index >= 15 is 0 Å². The Balaban J connectivity index is 1.77. The van der Waals surface area contributed by atoms with E-state index < -0.39 is 41.1 Å². The van der Waals surface area contributed by atoms with Crippen molar-refractivity contribution >= 4 is 17.8 Å². The summed E-state index contributed by atoms with van der Waals surface area (Å²) in [5, 5.41) is 10.6. The lowest BCUT2D eigenvalue weighted by Crippen LogP contribution is -2.60. The van der Waals surface area contributed by atoms with Crippen LogP contribution in [0.4, 0.5) is 0 Å². The monoisotopic (exact) mass is 566 g/mol. The average Bonchev–Trinajstić information content (AvgIpc) is 3.53. The van der Waals surface area contributed by atoms with E-state index in [4.69, 9.17) is 9.47 Å². The minimum absolute atomic E-state index is 0.0839. The van der Waals surface area contributed by atoms with Gasteiger partial charge in [0.2, 0.25) is 11.8 Å². The van der Waals surface area contributed by atoms with E-state index in [0.717, 1.165) is 24.8 Å². The van der Waals surface area contributed by atoms with E-state index in [2.05, 4.69) is 20.1 Å². The second-order valence-electron chi connectivity index (χ2n) is 12.0. The smallest absolute Gasteiger partial charge is 0.312 e. The van der Waals surface area contributed by atoms with Crippen LogP contribution in [0.2, 0.25) is 0 Å². The Hall–Kier alpha value is -2.97. The van der Waals surface area contributed by atoms with Crippen molar-refractivity contribution in [2.24, 2.45) is 11.8 Å². The maximum absolute atomic E-state index is 14.6. The molecule has 3 aliphatic heterocycles. The van der Waals surface area contributed by atoms with Gasteiger partial charge in [0, 0.05) is 12.6 Å². The van der Waals surface area contributed by atoms with Gasteiger partial charge in [-0.2, -0.15) is 0 Å². The van der Waals surface area contributed by atoms with Crippen molar-refractivity contribution in [2.75, 3.05) is 19.8 Å². The second kappa shape index (κ2) is 12.9. The molecule has 1 aromatic carbocycles. The van der Waals surface area contributed by atoms with Gasteiger partial charge in [-0.15, -0.1) is 13.2 Å². The third-order valence-electron chi connectivity index (χ3n) is 9.26. The third kappa shape index (κ3) is 5.61. The van der Waals surface area contributed by atoms with Crippen LogP contribution in [-0.2, 0) is 30.3 Å². The molecule has 4 rings (SSSR count). The number of carbonyl (C=O) groups is 3. The molecule has 1 aromatic rings. The van der Waals surface area contributed by atoms with E-state index in [-0.39, 0.29) is 31.1 Å². The lowest BCUT2D eigenvalue weighted by molar-refractivity contribution is -0.162. The van der Waals surface area contributed by atoms with Crippen LogP contribution >= 0.6 is 0 Å². The molecule has 3 heterocycles. The molecule has 0 aliphatic carbocycles. The first-order chi connectivity index (χ1) is 19.7. The third-order valence-corrected chi connectivity index (χ3v) is 9.26. The molecule has 3 unspecified atom stereocenters. The number of fused-ring (bicyclic) bond motifs is 1. The maximum atomic E-state index is 14.6. The molecule has 41 heavy (non-hydrogen) atoms. The summed E-state index contributed by atoms with van der Waals surface area (Å²) in [4.78, 5) is 46.0. The van der Waals surface area contributed by atoms with Gasteiger partial charge in [-0.25, -0.2) is 0 Å². The standard InChI is InChI=1S/C33H46N2O6/c1-6-9-13-20-40-31(39)27-26-29(37)35(25(22-36)21-24-15-11-10-12-16-24)28(33(26)18-17-32(27,5)41-33)30(38)34(19-8-3)23(4)14-7-2/h6,8,10-12,15-16,23,25-28,36H,1,3,7,9,13-14,17-22H2,2,4-5H3/t23?,25-,26+,27-,28?,32+,33?/m1/s1. The van der Waals surface area contributed by atoms with E-state index in [1.165, 1.54) is 0 Å². The average molecular weight is 567 g/mol. The van der Waals surface area contributed by atoms with Gasteiger partial charge >= 0.3 is 5.97 Å². The Labute approximate surface area is 244 Å². The fourth-order valence-electron chi connectivity index (χ4n) is 7.38. The zero-order valence-corrected chi connectivity index (χ0v) is 24.8. The summed E-state index contributed by atoms with van der Waals surface area (Å²) in [6.07, 6.45) is 7.90. The minimum Gasteiger partial charge on any atom is -0.465 e. The topological polar surface area (TPSA) is 96.4 Å². The Kier molecular flexibility index (Phi) is 9.75. The molecule has 3 saturated heterocycles. The van der Waals surface area contributed by atoms with Crippen molar-refractivity contribution in [1.82, 2.24) is 9.80 Å². The van der Waals surface area contributed by atoms with E-state index in [0.29, 0.717) is 32.2 Å². The van der Waals surface area contributed by atoms with Crippen molar-refractivity contribution in [3.05, 3.63) is 61.2 Å². The van der Waals surface area contributed by atoms with Crippen LogP contribution in [-0.4, -0.2) is 81.8 Å². The van der Waals surface area contributed by atoms with Crippen LogP contribution in [0.5, 0.6) is 0 Å². The number of hydrogen-bond donors (Lipinski definition) is 1. The molecule has 7 atom stereocenters. The summed E-state index contributed by atoms with van der Waals surface area (Å²) >= 11 is 0. The first-order valence-electron chi connectivity index (χ1n) is 15.0. The van der Waals surface area contributed by atoms with Crippen molar-refractivity contribution in [2.45, 2.75) is 95.0 Å². The van der Waals surface area contributed by atoms with Crippen LogP contribution < -0.4 is 0 Å². The highest BCUT2D eigenvalue weighted by atomic mass is 16.6. The van der Waals surface area contributed by atoms with Crippen LogP contribution in [0.15, 0.2) is 55.6 Å². The van der Waals surface area contributed by atoms with Crippen LogP contribution in [0.3, 0.4) is 0 Å². The fourth-order valence-corrected chi connectivity index (χ4v) is 7.38. The van der Waals surface area contributed by atoms with Gasteiger partial charge in [-0.3, -0.25) is 14.4 Å². The first-order valence-corrected chi connectivity index (χ1v) is 15.0. The quantitative estimate of drug-likeness (QED) is 0.195. The molecule has 2 bridgehead atoms. The van der Waals surface area contributed by atoms with Crippen molar-refractivity contribution in [3.8, 4) is 0 Å². The number of likely N-dealkylation sites (tertiary alicyclic amines) is 1. The number of allylic oxidation sites excluding steroid dienone is 1. The molecule has 8 heteroatoms. The summed E-state index contributed by atoms with van der Waals surface area (Å²) in [6, 6.07) is 7.90. The van der Waals surface area contributed by atoms with Crippen molar-refractivity contribution in [1.29, 1.82) is 0 Å². The van der Waals surface area contributed by atoms with Gasteiger partial charge in [0.15, 0.2) is 0 Å². The Morgan fingerprint density at radius 1 is 1.24 bits per heavy atom. The molecule has 0 saturated carbocycles. The SMILES string of the molecule is C=CCCCOC(=O)[C@H]1[C@H]2C(=O)N([C@@H](CO)Cc3ccccc3)C(C(=O)N(CC=C)C(C)CCC)C23CC[C@]1(C)O3. The number of aliphatic hydroxyl groups excluding tert-OH is 1. The first kappa shape index (κ1) is 31.0. The summed E-state index contributed by atoms with van der Waals surface area (Å²) in [6.45, 7) is 13.8. The molecule has 3 fully saturated rings. The predicted molar refractivity (Wildman–Crippen MR) is 157 cm³/mol. The van der Waals surface area contributed by atoms with Crippen LogP contribution in [0.1, 0.15) is 64.9 Å². The van der Waals surface area contributed by atoms with E-state index in [9.17, 15) is 19.5 Å². The summed E-state index contributed by atoms with van der Waals surface area (Å²) < 4.78 is 12.4. The number of nitrogens with zero attached hydrogens (tertiary/aromatic N) is 2. The molecular weight excluding hydrogens is 520 g/mol. The summed E-state index contributed by atoms with van der Waals surface area (Å²) in [5.74, 6) is -2.70. The highest BCUT2D eigenvalue weighted by Gasteiger charge is 2.79. The van der Waals surface area contributed by atoms with Crippen molar-refractivity contribution < 1.29 is 29.0 Å². The number of amides is 2. The largest absolute Gasteiger partial charge is 0.465 e. The minimum atomic E-state index is -1.18. The van der Waals surface area contributed by atoms with E-state index in [1.54, 1.807) is 22.0 Å². The number of hydrogen-bond acceptors (Lipinski definition) is 6. The number of esters is 1. The second-order valence-corrected chi connectivity index (χ2v) is 12.0. The lowest BCUT2D eigenvalue weighted by atomic mass is 9.66. The molecule has 224 valence electrons. The predicted octanol–water partition coefficient (Wildman–Crippen LogP) is 4.07. The van der Waals surface area contributed by atoms with Gasteiger partial charge in [-0.05, 0) is 57.9 Å². The summed E-state index contributed by atoms with van der Waals surface area (Å²) in [5.41, 5.74) is -1.14. The number of benzene rings is 1. The number of ether oxygens (including phenoxy) is 2. The van der Waals surface area contributed by atoms with Gasteiger partial charge in [-0.1, -0.05) is 55.8 Å². The molecule has 0 aromatic heterocycles. The number of aliphatic hydroxyl groups is 1. The number of rotatable bonds is 15. The fraction of sp³-hybridized carbons (Fsp3) is 0.606. The molecule has 1 N–H and O–H groups in total. The Morgan fingerprint density at radius 3 is 2.61 bits per heavy atom. The Bertz CT molecular complexity index is 1120. The van der Waals surface area contributed by atoms with Crippen LogP contribution in [0, 0.1) is 11.8 Å². The van der Waals surface area contributed by atoms with E-state index in [1.807, 2.05) is 44.2 Å². The maximum Gasteiger partial charge on any atom is 0.312 e. The number of carbonyl (C=O) groups excluding carboxylic acids is 3. The molecule has 0 radical (unpaired) electrons. The number of unbranched alkanes of at least 4 members (excludes halogenated alkanes) is 1. The van der Waals surface area contributed by atoms with Crippen molar-refractivity contribution in [3.63, 3.8) is 0 Å². The molecule has 2 amide bonds.